The first-order chi connectivity index (χ1) is 28.7. The summed E-state index contributed by atoms with van der Waals surface area (Å²) in [6.07, 6.45) is 0.276. The van der Waals surface area contributed by atoms with Crippen LogP contribution in [0.15, 0.2) is 127 Å². The van der Waals surface area contributed by atoms with Crippen molar-refractivity contribution in [2.24, 2.45) is 0 Å². The maximum Gasteiger partial charge on any atom is 0.407 e. The van der Waals surface area contributed by atoms with Crippen molar-refractivity contribution in [1.82, 2.24) is 15.2 Å². The molecule has 7 rings (SSSR count). The number of sulfone groups is 1. The number of hydrogen-bond acceptors (Lipinski definition) is 14. The minimum absolute atomic E-state index is 0.0109. The van der Waals surface area contributed by atoms with Gasteiger partial charge in [-0.25, -0.2) is 22.8 Å². The van der Waals surface area contributed by atoms with Gasteiger partial charge in [0.15, 0.2) is 38.9 Å². The van der Waals surface area contributed by atoms with Crippen LogP contribution in [0.1, 0.15) is 45.8 Å². The Morgan fingerprint density at radius 2 is 1.58 bits per heavy atom. The van der Waals surface area contributed by atoms with Crippen LogP contribution in [0.2, 0.25) is 0 Å². The van der Waals surface area contributed by atoms with Gasteiger partial charge in [0.25, 0.3) is 11.6 Å². The molecule has 0 radical (unpaired) electrons. The van der Waals surface area contributed by atoms with E-state index in [0.717, 1.165) is 23.1 Å². The zero-order valence-corrected chi connectivity index (χ0v) is 32.2. The summed E-state index contributed by atoms with van der Waals surface area (Å²) in [5.41, 5.74) is 0.927. The van der Waals surface area contributed by atoms with Crippen LogP contribution < -0.4 is 10.1 Å². The van der Waals surface area contributed by atoms with Crippen molar-refractivity contribution in [3.63, 3.8) is 0 Å². The van der Waals surface area contributed by atoms with Gasteiger partial charge in [0.2, 0.25) is 0 Å². The third-order valence-electron chi connectivity index (χ3n) is 10.0. The number of nitro benzene ring substituents is 1. The molecule has 0 aliphatic carbocycles. The molecule has 3 heterocycles. The Hall–Kier alpha value is -7.60. The molecule has 0 bridgehead atoms. The van der Waals surface area contributed by atoms with Gasteiger partial charge in [0.05, 0.1) is 21.8 Å². The number of β-lactam (4-membered cyclic amide) rings is 1. The summed E-state index contributed by atoms with van der Waals surface area (Å²) >= 11 is 0. The van der Waals surface area contributed by atoms with Crippen molar-refractivity contribution < 1.29 is 56.9 Å². The van der Waals surface area contributed by atoms with Crippen LogP contribution in [0.3, 0.4) is 0 Å². The third kappa shape index (κ3) is 7.82. The van der Waals surface area contributed by atoms with Crippen molar-refractivity contribution in [2.45, 2.75) is 35.7 Å². The number of aromatic nitrogens is 1. The number of carbonyl (C=O) groups excluding carboxylic acids is 4. The second-order valence-corrected chi connectivity index (χ2v) is 16.4. The van der Waals surface area contributed by atoms with E-state index in [1.54, 1.807) is 60.7 Å². The number of nitro groups is 1. The normalized spacial score (nSPS) is 19.5. The number of amides is 2. The Balaban J connectivity index is 1.18. The number of phenols is 2. The first kappa shape index (κ1) is 40.6. The van der Waals surface area contributed by atoms with Crippen LogP contribution in [-0.4, -0.2) is 80.1 Å². The van der Waals surface area contributed by atoms with Gasteiger partial charge >= 0.3 is 18.0 Å². The van der Waals surface area contributed by atoms with Gasteiger partial charge in [-0.1, -0.05) is 66.7 Å². The predicted octanol–water partition coefficient (Wildman–Crippen LogP) is 4.99. The lowest BCUT2D eigenvalue weighted by molar-refractivity contribution is -0.384. The number of aromatic hydroxyl groups is 2. The number of esters is 2. The molecule has 2 aliphatic heterocycles. The molecular weight excluding hydrogens is 801 g/mol. The van der Waals surface area contributed by atoms with Gasteiger partial charge < -0.3 is 34.6 Å². The summed E-state index contributed by atoms with van der Waals surface area (Å²) in [6, 6.07) is 26.7. The second-order valence-electron chi connectivity index (χ2n) is 13.9. The minimum atomic E-state index is -4.64. The summed E-state index contributed by atoms with van der Waals surface area (Å²) in [5, 5.41) is 31.1. The van der Waals surface area contributed by atoms with E-state index in [1.807, 2.05) is 0 Å². The van der Waals surface area contributed by atoms with Crippen LogP contribution >= 0.6 is 0 Å². The van der Waals surface area contributed by atoms with Crippen LogP contribution in [0, 0.1) is 10.1 Å². The number of rotatable bonds is 12. The number of nitrogens with zero attached hydrogens (tertiary/aromatic N) is 3. The van der Waals surface area contributed by atoms with Crippen molar-refractivity contribution >= 4 is 45.5 Å². The van der Waals surface area contributed by atoms with Gasteiger partial charge in [-0.05, 0) is 66.1 Å². The highest BCUT2D eigenvalue weighted by atomic mass is 32.2. The number of ether oxygens (including phenoxy) is 3. The number of nitrogens with one attached hydrogen (secondary N) is 1. The lowest BCUT2D eigenvalue weighted by Crippen LogP contribution is -2.60. The third-order valence-corrected chi connectivity index (χ3v) is 12.7. The van der Waals surface area contributed by atoms with Crippen molar-refractivity contribution in [1.29, 1.82) is 0 Å². The molecule has 3 atom stereocenters. The maximum atomic E-state index is 14.6. The zero-order valence-electron chi connectivity index (χ0n) is 31.4. The molecule has 306 valence electrons. The summed E-state index contributed by atoms with van der Waals surface area (Å²) in [5.74, 6) is -3.62. The SMILES string of the molecule is C[C@]1(COC(=O)NCc2ccc(O)c(O)c2)[C@H](C(=O)OC(c2ccccc2)c2ccccc2)N2C(=O)C(=Cc3cc(C(=O)Oc4ccc([N+](=O)[O-])cc4)ccn3)[C@H]2S1(=O)=O. The Morgan fingerprint density at radius 3 is 2.20 bits per heavy atom. The lowest BCUT2D eigenvalue weighted by atomic mass is 9.93. The molecule has 17 nitrogen and oxygen atoms in total. The minimum Gasteiger partial charge on any atom is -0.504 e. The molecule has 0 spiro atoms. The Bertz CT molecular complexity index is 2600. The molecule has 2 aliphatic rings. The van der Waals surface area contributed by atoms with Crippen LogP contribution in [0.25, 0.3) is 6.08 Å². The predicted molar refractivity (Wildman–Crippen MR) is 211 cm³/mol. The topological polar surface area (TPSA) is 242 Å². The fourth-order valence-corrected chi connectivity index (χ4v) is 9.14. The molecule has 2 fully saturated rings. The quantitative estimate of drug-likeness (QED) is 0.0286. The first-order valence-electron chi connectivity index (χ1n) is 18.1. The summed E-state index contributed by atoms with van der Waals surface area (Å²) < 4.78 is 43.8. The molecule has 2 amide bonds. The number of pyridine rings is 1. The standard InChI is InChI=1S/C42H34N4O13S/c1-42(24-57-41(52)44-23-25-12-17-33(47)34(48)20-25)36(40(51)59-35(26-8-4-2-5-9-26)27-10-6-3-7-11-27)45-37(49)32(38(45)60(42,55)56)22-29-21-28(18-19-43-29)39(50)58-31-15-13-30(14-16-31)46(53)54/h2-22,35-36,38,47-48H,23-24H2,1H3,(H,44,52)/t36-,38+,42-/m0/s1. The monoisotopic (exact) mass is 834 g/mol. The van der Waals surface area contributed by atoms with E-state index in [-0.39, 0.29) is 40.6 Å². The smallest absolute Gasteiger partial charge is 0.407 e. The van der Waals surface area contributed by atoms with Crippen LogP contribution in [0.5, 0.6) is 17.2 Å². The van der Waals surface area contributed by atoms with Crippen molar-refractivity contribution in [2.75, 3.05) is 6.61 Å². The number of non-ortho nitro benzene ring substituents is 1. The molecular formula is C42H34N4O13S. The number of alkyl carbamates (subject to hydrolysis) is 1. The largest absolute Gasteiger partial charge is 0.504 e. The number of benzene rings is 4. The first-order valence-corrected chi connectivity index (χ1v) is 19.6. The summed E-state index contributed by atoms with van der Waals surface area (Å²) in [4.78, 5) is 69.8. The molecule has 2 saturated heterocycles. The van der Waals surface area contributed by atoms with E-state index >= 15 is 0 Å². The fourth-order valence-electron chi connectivity index (χ4n) is 6.87. The molecule has 3 N–H and O–H groups in total. The average Bonchev–Trinajstić information content (AvgIpc) is 3.41. The van der Waals surface area contributed by atoms with Crippen LogP contribution in [0.4, 0.5) is 10.5 Å². The van der Waals surface area contributed by atoms with Crippen LogP contribution in [-0.2, 0) is 35.4 Å². The molecule has 18 heteroatoms. The molecule has 60 heavy (non-hydrogen) atoms. The molecule has 1 aromatic heterocycles. The van der Waals surface area contributed by atoms with Gasteiger partial charge in [0.1, 0.15) is 17.1 Å². The molecule has 0 unspecified atom stereocenters. The second kappa shape index (κ2) is 16.3. The number of phenolic OH excluding ortho intramolecular Hbond substituents is 2. The van der Waals surface area contributed by atoms with Gasteiger partial charge in [-0.3, -0.25) is 19.9 Å². The van der Waals surface area contributed by atoms with E-state index in [4.69, 9.17) is 14.2 Å². The molecule has 4 aromatic carbocycles. The zero-order chi connectivity index (χ0) is 42.8. The average molecular weight is 835 g/mol. The van der Waals surface area contributed by atoms with E-state index in [2.05, 4.69) is 10.3 Å². The van der Waals surface area contributed by atoms with E-state index in [9.17, 15) is 47.9 Å². The summed E-state index contributed by atoms with van der Waals surface area (Å²) in [6.45, 7) is 0.0831. The molecule has 5 aromatic rings. The lowest BCUT2D eigenvalue weighted by Gasteiger charge is -2.39. The Kier molecular flexibility index (Phi) is 11.1. The Morgan fingerprint density at radius 1 is 0.933 bits per heavy atom. The fraction of sp³-hybridized carbons (Fsp3) is 0.167. The van der Waals surface area contributed by atoms with Gasteiger partial charge in [0, 0.05) is 24.9 Å². The summed E-state index contributed by atoms with van der Waals surface area (Å²) in [7, 11) is -4.64. The van der Waals surface area contributed by atoms with E-state index in [0.29, 0.717) is 16.7 Å². The maximum absolute atomic E-state index is 14.6. The van der Waals surface area contributed by atoms with Gasteiger partial charge in [-0.15, -0.1) is 0 Å². The van der Waals surface area contributed by atoms with Gasteiger partial charge in [-0.2, -0.15) is 0 Å². The van der Waals surface area contributed by atoms with Crippen molar-refractivity contribution in [3.8, 4) is 17.2 Å². The number of carbonyl (C=O) groups is 4. The van der Waals surface area contributed by atoms with E-state index in [1.165, 1.54) is 55.6 Å². The van der Waals surface area contributed by atoms with E-state index < -0.39 is 73.3 Å². The number of hydrogen-bond donors (Lipinski definition) is 3. The van der Waals surface area contributed by atoms with Crippen molar-refractivity contribution in [3.05, 3.63) is 165 Å². The highest BCUT2D eigenvalue weighted by Gasteiger charge is 2.73. The molecule has 0 saturated carbocycles. The highest BCUT2D eigenvalue weighted by Crippen LogP contribution is 2.50. The number of fused-ring (bicyclic) bond motifs is 1. The highest BCUT2D eigenvalue weighted by molar-refractivity contribution is 7.94. The Labute approximate surface area is 341 Å².